The molecule has 0 saturated heterocycles. The van der Waals surface area contributed by atoms with Crippen LogP contribution in [0.1, 0.15) is 10.4 Å². The summed E-state index contributed by atoms with van der Waals surface area (Å²) in [5.74, 6) is -0.700. The van der Waals surface area contributed by atoms with Crippen LogP contribution in [0.15, 0.2) is 42.5 Å². The summed E-state index contributed by atoms with van der Waals surface area (Å²) in [6.45, 7) is 0. The Hall–Kier alpha value is -3.00. The van der Waals surface area contributed by atoms with Gasteiger partial charge in [0, 0.05) is 28.8 Å². The zero-order valence-corrected chi connectivity index (χ0v) is 11.6. The van der Waals surface area contributed by atoms with E-state index in [0.717, 1.165) is 12.1 Å². The SMILES string of the molecule is O=C(Nc1ccc(Cl)cc1[N+](=O)[O-])c1cccc([N+](=O)[O-])c1. The van der Waals surface area contributed by atoms with E-state index in [1.807, 2.05) is 0 Å². The molecule has 0 fully saturated rings. The molecule has 22 heavy (non-hydrogen) atoms. The van der Waals surface area contributed by atoms with Crippen LogP contribution in [0.25, 0.3) is 0 Å². The lowest BCUT2D eigenvalue weighted by Gasteiger charge is -2.06. The maximum absolute atomic E-state index is 12.1. The number of carbonyl (C=O) groups is 1. The van der Waals surface area contributed by atoms with Gasteiger partial charge in [0.1, 0.15) is 5.69 Å². The van der Waals surface area contributed by atoms with Gasteiger partial charge in [0.25, 0.3) is 17.3 Å². The minimum Gasteiger partial charge on any atom is -0.316 e. The number of anilines is 1. The highest BCUT2D eigenvalue weighted by Crippen LogP contribution is 2.28. The Morgan fingerprint density at radius 2 is 1.77 bits per heavy atom. The molecule has 2 rings (SSSR count). The summed E-state index contributed by atoms with van der Waals surface area (Å²) in [4.78, 5) is 32.4. The predicted octanol–water partition coefficient (Wildman–Crippen LogP) is 3.41. The van der Waals surface area contributed by atoms with Crippen LogP contribution in [-0.4, -0.2) is 15.8 Å². The maximum atomic E-state index is 12.1. The van der Waals surface area contributed by atoms with Crippen molar-refractivity contribution in [3.8, 4) is 0 Å². The topological polar surface area (TPSA) is 115 Å². The first kappa shape index (κ1) is 15.4. The predicted molar refractivity (Wildman–Crippen MR) is 79.2 cm³/mol. The molecular weight excluding hydrogens is 314 g/mol. The van der Waals surface area contributed by atoms with Gasteiger partial charge < -0.3 is 5.32 Å². The normalized spacial score (nSPS) is 10.0. The fraction of sp³-hybridized carbons (Fsp3) is 0. The van der Waals surface area contributed by atoms with Crippen LogP contribution in [0.3, 0.4) is 0 Å². The summed E-state index contributed by atoms with van der Waals surface area (Å²) < 4.78 is 0. The summed E-state index contributed by atoms with van der Waals surface area (Å²) >= 11 is 5.68. The van der Waals surface area contributed by atoms with E-state index in [1.54, 1.807) is 0 Å². The highest BCUT2D eigenvalue weighted by molar-refractivity contribution is 6.31. The van der Waals surface area contributed by atoms with Crippen molar-refractivity contribution in [2.75, 3.05) is 5.32 Å². The van der Waals surface area contributed by atoms with Crippen molar-refractivity contribution >= 4 is 34.6 Å². The lowest BCUT2D eigenvalue weighted by Crippen LogP contribution is -2.13. The van der Waals surface area contributed by atoms with Crippen molar-refractivity contribution in [2.45, 2.75) is 0 Å². The molecule has 1 N–H and O–H groups in total. The number of hydrogen-bond donors (Lipinski definition) is 1. The lowest BCUT2D eigenvalue weighted by molar-refractivity contribution is -0.384. The van der Waals surface area contributed by atoms with E-state index in [-0.39, 0.29) is 27.6 Å². The molecule has 2 aromatic rings. The van der Waals surface area contributed by atoms with Crippen molar-refractivity contribution in [1.29, 1.82) is 0 Å². The number of nitrogens with one attached hydrogen (secondary N) is 1. The first-order valence-corrected chi connectivity index (χ1v) is 6.26. The number of benzene rings is 2. The quantitative estimate of drug-likeness (QED) is 0.684. The van der Waals surface area contributed by atoms with Gasteiger partial charge in [-0.25, -0.2) is 0 Å². The number of nitro groups is 2. The van der Waals surface area contributed by atoms with Crippen molar-refractivity contribution < 1.29 is 14.6 Å². The summed E-state index contributed by atoms with van der Waals surface area (Å²) in [5.41, 5.74) is -0.658. The van der Waals surface area contributed by atoms with E-state index in [0.29, 0.717) is 0 Å². The van der Waals surface area contributed by atoms with Crippen molar-refractivity contribution in [3.05, 3.63) is 73.3 Å². The molecule has 0 atom stereocenters. The molecule has 0 unspecified atom stereocenters. The van der Waals surface area contributed by atoms with Crippen LogP contribution in [0, 0.1) is 20.2 Å². The van der Waals surface area contributed by atoms with Crippen LogP contribution in [-0.2, 0) is 0 Å². The molecule has 8 nitrogen and oxygen atoms in total. The maximum Gasteiger partial charge on any atom is 0.294 e. The van der Waals surface area contributed by atoms with Crippen LogP contribution >= 0.6 is 11.6 Å². The average molecular weight is 322 g/mol. The van der Waals surface area contributed by atoms with Crippen LogP contribution in [0.4, 0.5) is 17.1 Å². The molecule has 0 aliphatic heterocycles. The molecule has 0 aliphatic rings. The average Bonchev–Trinajstić information content (AvgIpc) is 2.48. The van der Waals surface area contributed by atoms with Crippen LogP contribution < -0.4 is 5.32 Å². The Labute approximate surface area is 128 Å². The van der Waals surface area contributed by atoms with Gasteiger partial charge in [0.2, 0.25) is 0 Å². The molecule has 0 heterocycles. The Morgan fingerprint density at radius 1 is 1.05 bits per heavy atom. The van der Waals surface area contributed by atoms with Gasteiger partial charge in [0.05, 0.1) is 9.85 Å². The number of nitro benzene ring substituents is 2. The van der Waals surface area contributed by atoms with Gasteiger partial charge in [-0.2, -0.15) is 0 Å². The largest absolute Gasteiger partial charge is 0.316 e. The molecule has 112 valence electrons. The summed E-state index contributed by atoms with van der Waals surface area (Å²) in [7, 11) is 0. The Morgan fingerprint density at radius 3 is 2.41 bits per heavy atom. The van der Waals surface area contributed by atoms with E-state index in [1.165, 1.54) is 30.3 Å². The van der Waals surface area contributed by atoms with Crippen molar-refractivity contribution in [1.82, 2.24) is 0 Å². The Kier molecular flexibility index (Phi) is 4.33. The zero-order chi connectivity index (χ0) is 16.3. The molecule has 1 amide bonds. The second-order valence-corrected chi connectivity index (χ2v) is 4.62. The summed E-state index contributed by atoms with van der Waals surface area (Å²) in [6.07, 6.45) is 0. The molecule has 0 aliphatic carbocycles. The number of nitrogens with zero attached hydrogens (tertiary/aromatic N) is 2. The fourth-order valence-electron chi connectivity index (χ4n) is 1.72. The number of non-ortho nitro benzene ring substituents is 1. The van der Waals surface area contributed by atoms with Crippen molar-refractivity contribution in [2.24, 2.45) is 0 Å². The minimum absolute atomic E-state index is 0.0125. The number of halogens is 1. The van der Waals surface area contributed by atoms with Crippen molar-refractivity contribution in [3.63, 3.8) is 0 Å². The molecule has 2 aromatic carbocycles. The van der Waals surface area contributed by atoms with Gasteiger partial charge in [-0.3, -0.25) is 25.0 Å². The van der Waals surface area contributed by atoms with Gasteiger partial charge in [-0.15, -0.1) is 0 Å². The number of carbonyl (C=O) groups excluding carboxylic acids is 1. The molecule has 9 heteroatoms. The van der Waals surface area contributed by atoms with Crippen LogP contribution in [0.2, 0.25) is 5.02 Å². The molecule has 0 aromatic heterocycles. The van der Waals surface area contributed by atoms with Gasteiger partial charge in [-0.05, 0) is 18.2 Å². The van der Waals surface area contributed by atoms with Crippen LogP contribution in [0.5, 0.6) is 0 Å². The standard InChI is InChI=1S/C13H8ClN3O5/c14-9-4-5-11(12(7-9)17(21)22)15-13(18)8-2-1-3-10(6-8)16(19)20/h1-7H,(H,15,18). The number of amides is 1. The van der Waals surface area contributed by atoms with E-state index < -0.39 is 15.8 Å². The third-order valence-corrected chi connectivity index (χ3v) is 2.96. The molecule has 0 bridgehead atoms. The van der Waals surface area contributed by atoms with Gasteiger partial charge >= 0.3 is 0 Å². The first-order chi connectivity index (χ1) is 10.4. The summed E-state index contributed by atoms with van der Waals surface area (Å²) in [5, 5.41) is 24.1. The molecule has 0 radical (unpaired) electrons. The minimum atomic E-state index is -0.700. The van der Waals surface area contributed by atoms with E-state index in [4.69, 9.17) is 11.6 Å². The van der Waals surface area contributed by atoms with E-state index in [9.17, 15) is 25.0 Å². The van der Waals surface area contributed by atoms with E-state index >= 15 is 0 Å². The monoisotopic (exact) mass is 321 g/mol. The highest BCUT2D eigenvalue weighted by Gasteiger charge is 2.18. The Bertz CT molecular complexity index is 778. The third-order valence-electron chi connectivity index (χ3n) is 2.72. The smallest absolute Gasteiger partial charge is 0.294 e. The second-order valence-electron chi connectivity index (χ2n) is 4.18. The highest BCUT2D eigenvalue weighted by atomic mass is 35.5. The zero-order valence-electron chi connectivity index (χ0n) is 10.9. The number of rotatable bonds is 4. The number of hydrogen-bond acceptors (Lipinski definition) is 5. The summed E-state index contributed by atoms with van der Waals surface area (Å²) in [6, 6.07) is 8.81. The molecule has 0 spiro atoms. The molecule has 0 saturated carbocycles. The van der Waals surface area contributed by atoms with Gasteiger partial charge in [0.15, 0.2) is 0 Å². The van der Waals surface area contributed by atoms with Gasteiger partial charge in [-0.1, -0.05) is 17.7 Å². The molecular formula is C13H8ClN3O5. The third kappa shape index (κ3) is 3.36. The van der Waals surface area contributed by atoms with E-state index in [2.05, 4.69) is 5.32 Å². The first-order valence-electron chi connectivity index (χ1n) is 5.88. The fourth-order valence-corrected chi connectivity index (χ4v) is 1.88. The lowest BCUT2D eigenvalue weighted by atomic mass is 10.2. The Balaban J connectivity index is 2.31. The second kappa shape index (κ2) is 6.19.